The Morgan fingerprint density at radius 1 is 0.784 bits per heavy atom. The summed E-state index contributed by atoms with van der Waals surface area (Å²) < 4.78 is 3.34. The second kappa shape index (κ2) is 17.4. The molecule has 0 saturated heterocycles. The first kappa shape index (κ1) is 29.4. The number of hydrogen-bond acceptors (Lipinski definition) is 2. The minimum atomic E-state index is -0.0397. The van der Waals surface area contributed by atoms with Crippen LogP contribution in [0.5, 0.6) is 0 Å². The SMILES string of the molecule is CCCCCCCCCCCCCCCCn1c(CCNC(=O)c2ccc(Br)cc2)nc2ccccc21. The van der Waals surface area contributed by atoms with Crippen LogP contribution < -0.4 is 5.32 Å². The van der Waals surface area contributed by atoms with Gasteiger partial charge in [-0.2, -0.15) is 0 Å². The number of unbranched alkanes of at least 4 members (excludes halogenated alkanes) is 13. The Morgan fingerprint density at radius 3 is 1.97 bits per heavy atom. The van der Waals surface area contributed by atoms with Gasteiger partial charge in [0.25, 0.3) is 5.91 Å². The van der Waals surface area contributed by atoms with Gasteiger partial charge < -0.3 is 9.88 Å². The van der Waals surface area contributed by atoms with E-state index < -0.39 is 0 Å². The molecule has 202 valence electrons. The smallest absolute Gasteiger partial charge is 0.251 e. The van der Waals surface area contributed by atoms with Crippen LogP contribution in [0.3, 0.4) is 0 Å². The molecule has 3 rings (SSSR count). The molecule has 0 radical (unpaired) electrons. The second-order valence-corrected chi connectivity index (χ2v) is 11.2. The van der Waals surface area contributed by atoms with Crippen molar-refractivity contribution in [3.63, 3.8) is 0 Å². The Kier molecular flexibility index (Phi) is 13.8. The van der Waals surface area contributed by atoms with E-state index >= 15 is 0 Å². The summed E-state index contributed by atoms with van der Waals surface area (Å²) in [6.07, 6.45) is 19.9. The molecule has 1 aromatic heterocycles. The third-order valence-corrected chi connectivity index (χ3v) is 7.74. The number of aryl methyl sites for hydroxylation is 1. The highest BCUT2D eigenvalue weighted by molar-refractivity contribution is 9.10. The van der Waals surface area contributed by atoms with E-state index in [4.69, 9.17) is 4.98 Å². The van der Waals surface area contributed by atoms with E-state index in [1.54, 1.807) is 0 Å². The van der Waals surface area contributed by atoms with Crippen LogP contribution in [0, 0.1) is 0 Å². The first-order valence-corrected chi connectivity index (χ1v) is 15.5. The summed E-state index contributed by atoms with van der Waals surface area (Å²) in [6.45, 7) is 3.86. The lowest BCUT2D eigenvalue weighted by molar-refractivity contribution is 0.0954. The van der Waals surface area contributed by atoms with Gasteiger partial charge in [-0.1, -0.05) is 118 Å². The highest BCUT2D eigenvalue weighted by Gasteiger charge is 2.11. The van der Waals surface area contributed by atoms with E-state index in [2.05, 4.69) is 50.9 Å². The number of carbonyl (C=O) groups is 1. The molecule has 2 aromatic carbocycles. The number of amides is 1. The molecule has 0 aliphatic carbocycles. The standard InChI is InChI=1S/C32H46BrN3O/c1-2-3-4-5-6-7-8-9-10-11-12-13-14-17-26-36-30-19-16-15-18-29(30)35-31(36)24-25-34-32(37)27-20-22-28(33)23-21-27/h15-16,18-23H,2-14,17,24-26H2,1H3,(H,34,37). The minimum absolute atomic E-state index is 0.0397. The monoisotopic (exact) mass is 567 g/mol. The van der Waals surface area contributed by atoms with Crippen LogP contribution in [0.4, 0.5) is 0 Å². The number of halogens is 1. The fourth-order valence-electron chi connectivity index (χ4n) is 5.02. The summed E-state index contributed by atoms with van der Waals surface area (Å²) >= 11 is 3.42. The molecule has 0 atom stereocenters. The quantitative estimate of drug-likeness (QED) is 0.147. The van der Waals surface area contributed by atoms with Gasteiger partial charge in [0.15, 0.2) is 0 Å². The van der Waals surface area contributed by atoms with Crippen molar-refractivity contribution in [2.24, 2.45) is 0 Å². The summed E-state index contributed by atoms with van der Waals surface area (Å²) in [4.78, 5) is 17.4. The third kappa shape index (κ3) is 10.6. The van der Waals surface area contributed by atoms with Crippen LogP contribution in [-0.2, 0) is 13.0 Å². The van der Waals surface area contributed by atoms with Crippen molar-refractivity contribution in [2.45, 2.75) is 110 Å². The summed E-state index contributed by atoms with van der Waals surface area (Å²) in [5, 5.41) is 3.05. The lowest BCUT2D eigenvalue weighted by Crippen LogP contribution is -2.26. The topological polar surface area (TPSA) is 46.9 Å². The number of para-hydroxylation sites is 2. The molecule has 3 aromatic rings. The Hall–Kier alpha value is -2.14. The van der Waals surface area contributed by atoms with Crippen molar-refractivity contribution in [3.8, 4) is 0 Å². The number of hydrogen-bond donors (Lipinski definition) is 1. The molecule has 0 saturated carbocycles. The summed E-state index contributed by atoms with van der Waals surface area (Å²) in [5.41, 5.74) is 2.92. The fourth-order valence-corrected chi connectivity index (χ4v) is 5.29. The van der Waals surface area contributed by atoms with Gasteiger partial charge in [0.1, 0.15) is 5.82 Å². The maximum Gasteiger partial charge on any atom is 0.251 e. The Balaban J connectivity index is 1.33. The Morgan fingerprint density at radius 2 is 1.35 bits per heavy atom. The molecule has 0 bridgehead atoms. The van der Waals surface area contributed by atoms with Crippen molar-refractivity contribution in [1.29, 1.82) is 0 Å². The van der Waals surface area contributed by atoms with Crippen LogP contribution in [-0.4, -0.2) is 22.0 Å². The molecule has 0 aliphatic heterocycles. The highest BCUT2D eigenvalue weighted by atomic mass is 79.9. The molecule has 4 nitrogen and oxygen atoms in total. The molecular weight excluding hydrogens is 522 g/mol. The summed E-state index contributed by atoms with van der Waals surface area (Å²) in [6, 6.07) is 15.8. The number of carbonyl (C=O) groups excluding carboxylic acids is 1. The number of imidazole rings is 1. The van der Waals surface area contributed by atoms with Crippen molar-refractivity contribution in [2.75, 3.05) is 6.54 Å². The van der Waals surface area contributed by atoms with Gasteiger partial charge in [-0.25, -0.2) is 4.98 Å². The average molecular weight is 569 g/mol. The highest BCUT2D eigenvalue weighted by Crippen LogP contribution is 2.19. The van der Waals surface area contributed by atoms with E-state index in [9.17, 15) is 4.79 Å². The summed E-state index contributed by atoms with van der Waals surface area (Å²) in [5.74, 6) is 1.02. The zero-order chi connectivity index (χ0) is 26.1. The Labute approximate surface area is 232 Å². The normalized spacial score (nSPS) is 11.3. The second-order valence-electron chi connectivity index (χ2n) is 10.3. The van der Waals surface area contributed by atoms with Gasteiger partial charge in [0.2, 0.25) is 0 Å². The van der Waals surface area contributed by atoms with Gasteiger partial charge in [-0.3, -0.25) is 4.79 Å². The van der Waals surface area contributed by atoms with E-state index in [0.29, 0.717) is 12.1 Å². The molecule has 1 N–H and O–H groups in total. The van der Waals surface area contributed by atoms with Crippen LogP contribution in [0.15, 0.2) is 53.0 Å². The van der Waals surface area contributed by atoms with Crippen LogP contribution in [0.25, 0.3) is 11.0 Å². The fraction of sp³-hybridized carbons (Fsp3) is 0.562. The lowest BCUT2D eigenvalue weighted by Gasteiger charge is -2.10. The van der Waals surface area contributed by atoms with Crippen LogP contribution in [0.2, 0.25) is 0 Å². The van der Waals surface area contributed by atoms with E-state index in [0.717, 1.165) is 28.8 Å². The van der Waals surface area contributed by atoms with E-state index in [-0.39, 0.29) is 5.91 Å². The first-order chi connectivity index (χ1) is 18.2. The van der Waals surface area contributed by atoms with Gasteiger partial charge in [0.05, 0.1) is 11.0 Å². The van der Waals surface area contributed by atoms with Crippen molar-refractivity contribution in [1.82, 2.24) is 14.9 Å². The summed E-state index contributed by atoms with van der Waals surface area (Å²) in [7, 11) is 0. The van der Waals surface area contributed by atoms with Crippen molar-refractivity contribution in [3.05, 3.63) is 64.4 Å². The molecule has 37 heavy (non-hydrogen) atoms. The zero-order valence-corrected chi connectivity index (χ0v) is 24.4. The minimum Gasteiger partial charge on any atom is -0.352 e. The predicted octanol–water partition coefficient (Wildman–Crippen LogP) is 9.25. The molecular formula is C32H46BrN3O. The maximum absolute atomic E-state index is 12.5. The maximum atomic E-state index is 12.5. The van der Waals surface area contributed by atoms with Crippen molar-refractivity contribution < 1.29 is 4.79 Å². The number of rotatable bonds is 19. The van der Waals surface area contributed by atoms with Gasteiger partial charge in [0, 0.05) is 29.5 Å². The molecule has 0 aliphatic rings. The number of nitrogens with one attached hydrogen (secondary N) is 1. The number of benzene rings is 2. The molecule has 0 unspecified atom stereocenters. The van der Waals surface area contributed by atoms with Crippen LogP contribution in [0.1, 0.15) is 113 Å². The molecule has 0 spiro atoms. The number of nitrogens with zero attached hydrogens (tertiary/aromatic N) is 2. The van der Waals surface area contributed by atoms with Gasteiger partial charge in [-0.15, -0.1) is 0 Å². The molecule has 1 amide bonds. The molecule has 0 fully saturated rings. The molecule has 1 heterocycles. The molecule has 5 heteroatoms. The predicted molar refractivity (Wildman–Crippen MR) is 160 cm³/mol. The lowest BCUT2D eigenvalue weighted by atomic mass is 10.0. The number of fused-ring (bicyclic) bond motifs is 1. The van der Waals surface area contributed by atoms with Crippen molar-refractivity contribution >= 4 is 32.9 Å². The third-order valence-electron chi connectivity index (χ3n) is 7.21. The van der Waals surface area contributed by atoms with Gasteiger partial charge in [-0.05, 0) is 42.8 Å². The van der Waals surface area contributed by atoms with E-state index in [1.807, 2.05) is 30.3 Å². The van der Waals surface area contributed by atoms with Crippen LogP contribution >= 0.6 is 15.9 Å². The first-order valence-electron chi connectivity index (χ1n) is 14.7. The number of aromatic nitrogens is 2. The zero-order valence-electron chi connectivity index (χ0n) is 22.8. The van der Waals surface area contributed by atoms with Gasteiger partial charge >= 0.3 is 0 Å². The average Bonchev–Trinajstić information content (AvgIpc) is 3.26. The Bertz CT molecular complexity index is 1040. The van der Waals surface area contributed by atoms with E-state index in [1.165, 1.54) is 95.4 Å². The largest absolute Gasteiger partial charge is 0.352 e.